The monoisotopic (exact) mass is 601 g/mol. The fourth-order valence-corrected chi connectivity index (χ4v) is 6.37. The first-order valence-electron chi connectivity index (χ1n) is 13.0. The highest BCUT2D eigenvalue weighted by Gasteiger charge is 2.53. The van der Waals surface area contributed by atoms with E-state index in [2.05, 4.69) is 27.7 Å². The third kappa shape index (κ3) is 6.85. The van der Waals surface area contributed by atoms with Gasteiger partial charge in [-0.15, -0.1) is 23.1 Å². The summed E-state index contributed by atoms with van der Waals surface area (Å²) >= 11 is 2.44. The van der Waals surface area contributed by atoms with Crippen molar-refractivity contribution in [1.82, 2.24) is 20.5 Å². The number of nitrogens with one attached hydrogen (secondary N) is 2. The molecule has 1 fully saturated rings. The number of pyridine rings is 1. The van der Waals surface area contributed by atoms with Gasteiger partial charge in [0.05, 0.1) is 17.2 Å². The largest absolute Gasteiger partial charge is 0.543 e. The molecule has 2 aliphatic rings. The summed E-state index contributed by atoms with van der Waals surface area (Å²) in [6.07, 6.45) is 7.62. The van der Waals surface area contributed by atoms with E-state index in [0.29, 0.717) is 23.4 Å². The second-order valence-electron chi connectivity index (χ2n) is 9.37. The van der Waals surface area contributed by atoms with E-state index >= 15 is 0 Å². The lowest BCUT2D eigenvalue weighted by Crippen LogP contribution is -2.71. The van der Waals surface area contributed by atoms with Crippen molar-refractivity contribution in [1.29, 1.82) is 0 Å². The zero-order valence-electron chi connectivity index (χ0n) is 22.6. The van der Waals surface area contributed by atoms with Gasteiger partial charge in [0.15, 0.2) is 29.8 Å². The minimum absolute atomic E-state index is 0.158. The van der Waals surface area contributed by atoms with Gasteiger partial charge in [0, 0.05) is 35.4 Å². The Kier molecular flexibility index (Phi) is 9.94. The van der Waals surface area contributed by atoms with Crippen molar-refractivity contribution in [3.05, 3.63) is 52.4 Å². The maximum absolute atomic E-state index is 13.0. The number of carboxylic acid groups (broad SMARTS) is 1. The number of carbonyl (C=O) groups excluding carboxylic acids is 4. The lowest BCUT2D eigenvalue weighted by Gasteiger charge is -2.50. The first-order chi connectivity index (χ1) is 19.7. The van der Waals surface area contributed by atoms with E-state index in [4.69, 9.17) is 10.6 Å². The Morgan fingerprint density at radius 2 is 2.02 bits per heavy atom. The van der Waals surface area contributed by atoms with E-state index in [9.17, 15) is 24.3 Å². The summed E-state index contributed by atoms with van der Waals surface area (Å²) in [6.45, 7) is 2.92. The molecular formula is C26H31N7O6S2. The Labute approximate surface area is 244 Å². The minimum Gasteiger partial charge on any atom is -0.543 e. The summed E-state index contributed by atoms with van der Waals surface area (Å²) < 4.78 is 1.73. The molecule has 4 rings (SSSR count). The average molecular weight is 602 g/mol. The molecular weight excluding hydrogens is 570 g/mol. The highest BCUT2D eigenvalue weighted by atomic mass is 32.2. The molecule has 0 radical (unpaired) electrons. The van der Waals surface area contributed by atoms with Gasteiger partial charge in [-0.25, -0.2) is 9.55 Å². The number of fused-ring (bicyclic) bond motifs is 1. The van der Waals surface area contributed by atoms with Crippen LogP contribution in [0.25, 0.3) is 0 Å². The van der Waals surface area contributed by atoms with Crippen LogP contribution in [0.1, 0.15) is 48.7 Å². The van der Waals surface area contributed by atoms with Crippen LogP contribution in [0.2, 0.25) is 0 Å². The number of carboxylic acids is 1. The van der Waals surface area contributed by atoms with Crippen molar-refractivity contribution in [2.45, 2.75) is 50.6 Å². The van der Waals surface area contributed by atoms with E-state index in [1.165, 1.54) is 24.3 Å². The number of unbranched alkanes of at least 4 members (excludes halogenated alkanes) is 3. The number of aliphatic carboxylic acids is 1. The topological polar surface area (TPSA) is 183 Å². The number of anilines is 1. The molecule has 2 aliphatic heterocycles. The quantitative estimate of drug-likeness (QED) is 0.0918. The number of amides is 3. The average Bonchev–Trinajstić information content (AvgIpc) is 3.39. The summed E-state index contributed by atoms with van der Waals surface area (Å²) in [6, 6.07) is 2.35. The summed E-state index contributed by atoms with van der Waals surface area (Å²) in [4.78, 5) is 60.4. The summed E-state index contributed by atoms with van der Waals surface area (Å²) in [5, 5.41) is 22.5. The first kappa shape index (κ1) is 30.0. The highest BCUT2D eigenvalue weighted by molar-refractivity contribution is 8.00. The van der Waals surface area contributed by atoms with Crippen LogP contribution in [-0.2, 0) is 25.8 Å². The molecule has 1 saturated heterocycles. The van der Waals surface area contributed by atoms with E-state index in [-0.39, 0.29) is 34.7 Å². The fourth-order valence-electron chi connectivity index (χ4n) is 4.49. The van der Waals surface area contributed by atoms with Crippen molar-refractivity contribution < 1.29 is 33.7 Å². The van der Waals surface area contributed by atoms with Gasteiger partial charge in [-0.2, -0.15) is 0 Å². The molecule has 4 heterocycles. The van der Waals surface area contributed by atoms with Gasteiger partial charge in [0.1, 0.15) is 24.2 Å². The van der Waals surface area contributed by atoms with Crippen molar-refractivity contribution in [2.24, 2.45) is 5.16 Å². The number of hydrogen-bond acceptors (Lipinski definition) is 11. The lowest BCUT2D eigenvalue weighted by molar-refractivity contribution is -0.689. The predicted molar refractivity (Wildman–Crippen MR) is 150 cm³/mol. The number of oxime groups is 1. The van der Waals surface area contributed by atoms with Gasteiger partial charge in [0.2, 0.25) is 0 Å². The molecule has 0 saturated carbocycles. The van der Waals surface area contributed by atoms with Crippen molar-refractivity contribution >= 4 is 57.6 Å². The number of nitrogen functional groups attached to an aromatic ring is 1. The fraction of sp³-hybridized carbons (Fsp3) is 0.423. The molecule has 0 aromatic carbocycles. The Morgan fingerprint density at radius 1 is 1.27 bits per heavy atom. The van der Waals surface area contributed by atoms with Crippen LogP contribution in [0, 0.1) is 0 Å². The molecule has 41 heavy (non-hydrogen) atoms. The molecule has 0 spiro atoms. The lowest BCUT2D eigenvalue weighted by atomic mass is 10.0. The van der Waals surface area contributed by atoms with Gasteiger partial charge in [-0.1, -0.05) is 31.3 Å². The molecule has 2 aromatic rings. The first-order valence-corrected chi connectivity index (χ1v) is 15.0. The molecule has 13 nitrogen and oxygen atoms in total. The van der Waals surface area contributed by atoms with Gasteiger partial charge >= 0.3 is 0 Å². The molecule has 2 atom stereocenters. The van der Waals surface area contributed by atoms with Gasteiger partial charge in [0.25, 0.3) is 17.7 Å². The van der Waals surface area contributed by atoms with E-state index in [1.54, 1.807) is 29.1 Å². The van der Waals surface area contributed by atoms with Crippen LogP contribution in [-0.4, -0.2) is 70.1 Å². The van der Waals surface area contributed by atoms with Gasteiger partial charge < -0.3 is 31.1 Å². The second kappa shape index (κ2) is 13.6. The maximum atomic E-state index is 13.0. The highest BCUT2D eigenvalue weighted by Crippen LogP contribution is 2.40. The van der Waals surface area contributed by atoms with Crippen LogP contribution in [0.5, 0.6) is 0 Å². The number of thioether (sulfide) groups is 1. The molecule has 4 N–H and O–H groups in total. The van der Waals surface area contributed by atoms with Gasteiger partial charge in [-0.3, -0.25) is 19.3 Å². The van der Waals surface area contributed by atoms with Crippen molar-refractivity contribution in [2.75, 3.05) is 25.1 Å². The number of hydrogen-bond donors (Lipinski definition) is 3. The smallest absolute Gasteiger partial charge is 0.276 e. The van der Waals surface area contributed by atoms with Crippen molar-refractivity contribution in [3.8, 4) is 0 Å². The normalized spacial score (nSPS) is 18.4. The summed E-state index contributed by atoms with van der Waals surface area (Å²) in [5.41, 5.74) is 6.44. The van der Waals surface area contributed by atoms with E-state index in [0.717, 1.165) is 41.9 Å². The van der Waals surface area contributed by atoms with Crippen LogP contribution < -0.4 is 26.0 Å². The molecule has 3 amide bonds. The third-order valence-corrected chi connectivity index (χ3v) is 8.55. The zero-order chi connectivity index (χ0) is 29.5. The van der Waals surface area contributed by atoms with Crippen LogP contribution >= 0.6 is 23.1 Å². The summed E-state index contributed by atoms with van der Waals surface area (Å²) in [5.74, 6) is -2.66. The zero-order valence-corrected chi connectivity index (χ0v) is 24.3. The summed E-state index contributed by atoms with van der Waals surface area (Å²) in [7, 11) is 1.27. The van der Waals surface area contributed by atoms with E-state index in [1.807, 2.05) is 0 Å². The van der Waals surface area contributed by atoms with Crippen LogP contribution in [0.4, 0.5) is 5.13 Å². The van der Waals surface area contributed by atoms with Crippen molar-refractivity contribution in [3.63, 3.8) is 0 Å². The predicted octanol–water partition coefficient (Wildman–Crippen LogP) is -0.222. The number of carbonyl (C=O) groups is 4. The Bertz CT molecular complexity index is 1370. The van der Waals surface area contributed by atoms with Crippen LogP contribution in [0.3, 0.4) is 0 Å². The molecule has 0 unspecified atom stereocenters. The maximum Gasteiger partial charge on any atom is 0.276 e. The minimum atomic E-state index is -1.48. The number of thiazole rings is 1. The Hall–Kier alpha value is -3.98. The number of rotatable bonds is 13. The number of nitrogens with two attached hydrogens (primary N) is 1. The SMILES string of the molecule is CCCCCCNC(=O)c1cc[n+](CC2=C(C(=O)[O-])N3C(=O)[C@@H](NC(=O)/C(=N\OC)c4csc(N)n4)[C@H]3SC2)cc1. The molecule has 2 aromatic heterocycles. The number of nitrogens with zero attached hydrogens (tertiary/aromatic N) is 4. The van der Waals surface area contributed by atoms with E-state index < -0.39 is 29.2 Å². The Morgan fingerprint density at radius 3 is 2.66 bits per heavy atom. The number of β-lactam (4-membered cyclic amide) rings is 1. The second-order valence-corrected chi connectivity index (χ2v) is 11.4. The number of aromatic nitrogens is 2. The Balaban J connectivity index is 1.41. The molecule has 0 bridgehead atoms. The molecule has 218 valence electrons. The molecule has 0 aliphatic carbocycles. The van der Waals surface area contributed by atoms with Gasteiger partial charge in [-0.05, 0) is 6.42 Å². The molecule has 15 heteroatoms. The third-order valence-electron chi connectivity index (χ3n) is 6.53. The van der Waals surface area contributed by atoms with Crippen LogP contribution in [0.15, 0.2) is 46.3 Å². The standard InChI is InChI=1S/C26H31N7O6S2/c1-3-4-5-6-9-28-21(34)15-7-10-32(11-8-15)12-16-13-40-24-19(23(36)33(24)20(16)25(37)38)30-22(35)18(31-39-2)17-14-41-26(27)29-17/h7-8,10-11,14,19,24H,3-6,9,12-13H2,1-2H3,(H4-,27,28,29,30,34,35,37,38)/b31-18-/t19-,24-/m1/s1.